The lowest BCUT2D eigenvalue weighted by Crippen LogP contribution is -2.21. The summed E-state index contributed by atoms with van der Waals surface area (Å²) in [4.78, 5) is 29.6. The molecule has 0 aliphatic rings. The number of carboxylic acids is 2. The Morgan fingerprint density at radius 2 is 1.34 bits per heavy atom. The first-order valence-electron chi connectivity index (χ1n) is 10.4. The second-order valence-corrected chi connectivity index (χ2v) is 7.40. The van der Waals surface area contributed by atoms with E-state index in [9.17, 15) is 31.4 Å². The quantitative estimate of drug-likeness (QED) is 0.261. The Hall–Kier alpha value is -4.46. The molecule has 38 heavy (non-hydrogen) atoms. The van der Waals surface area contributed by atoms with Crippen LogP contribution in [0.3, 0.4) is 0 Å². The highest BCUT2D eigenvalue weighted by atomic mass is 19.4. The number of H-pyrrole nitrogens is 1. The first-order valence-corrected chi connectivity index (χ1v) is 10.4. The number of halogens is 6. The minimum absolute atomic E-state index is 0.540. The molecule has 0 fully saturated rings. The van der Waals surface area contributed by atoms with E-state index in [0.717, 1.165) is 27.7 Å². The van der Waals surface area contributed by atoms with Crippen LogP contribution in [0.5, 0.6) is 0 Å². The van der Waals surface area contributed by atoms with Crippen LogP contribution in [0.4, 0.5) is 26.3 Å². The number of imidazole rings is 1. The van der Waals surface area contributed by atoms with Crippen molar-refractivity contribution in [3.8, 4) is 11.1 Å². The van der Waals surface area contributed by atoms with Gasteiger partial charge in [-0.2, -0.15) is 26.3 Å². The molecule has 4 rings (SSSR count). The van der Waals surface area contributed by atoms with Crippen molar-refractivity contribution in [2.45, 2.75) is 24.9 Å². The largest absolute Gasteiger partial charge is 0.490 e. The van der Waals surface area contributed by atoms with Crippen molar-refractivity contribution in [3.05, 3.63) is 84.4 Å². The number of aromatic nitrogens is 3. The second kappa shape index (κ2) is 12.7. The van der Waals surface area contributed by atoms with E-state index in [1.165, 1.54) is 0 Å². The molecular formula is C24H19F6N3O5. The number of alkyl halides is 6. The van der Waals surface area contributed by atoms with E-state index in [1.54, 1.807) is 12.4 Å². The van der Waals surface area contributed by atoms with Gasteiger partial charge in [0.2, 0.25) is 0 Å². The van der Waals surface area contributed by atoms with E-state index in [1.807, 2.05) is 54.6 Å². The van der Waals surface area contributed by atoms with Gasteiger partial charge in [0.05, 0.1) is 11.0 Å². The molecule has 1 atom stereocenters. The summed E-state index contributed by atoms with van der Waals surface area (Å²) in [6.07, 6.45) is -6.72. The summed E-state index contributed by atoms with van der Waals surface area (Å²) < 4.78 is 63.5. The smallest absolute Gasteiger partial charge is 0.475 e. The molecular weight excluding hydrogens is 524 g/mol. The summed E-state index contributed by atoms with van der Waals surface area (Å²) in [6.45, 7) is 0. The third-order valence-corrected chi connectivity index (χ3v) is 4.59. The molecule has 2 aromatic heterocycles. The number of carbonyl (C=O) groups is 2. The van der Waals surface area contributed by atoms with Gasteiger partial charge in [-0.1, -0.05) is 36.4 Å². The molecule has 0 bridgehead atoms. The van der Waals surface area contributed by atoms with Gasteiger partial charge < -0.3 is 20.3 Å². The lowest BCUT2D eigenvalue weighted by molar-refractivity contribution is -0.193. The molecule has 2 aromatic carbocycles. The van der Waals surface area contributed by atoms with Crippen molar-refractivity contribution in [2.24, 2.45) is 0 Å². The lowest BCUT2D eigenvalue weighted by atomic mass is 10.1. The number of fused-ring (bicyclic) bond motifs is 1. The molecule has 0 spiro atoms. The lowest BCUT2D eigenvalue weighted by Gasteiger charge is -2.07. The first-order chi connectivity index (χ1) is 17.7. The molecule has 0 saturated carbocycles. The van der Waals surface area contributed by atoms with E-state index in [0.29, 0.717) is 12.2 Å². The number of hydrogen-bond acceptors (Lipinski definition) is 5. The SMILES string of the molecule is O=C(O)C(F)(F)F.O=C(O)C(F)(F)F.O[C@H](Cc1ccccc1)c1nc2ccc(-c3ccncc3)cc2[nH]1. The minimum Gasteiger partial charge on any atom is -0.475 e. The highest BCUT2D eigenvalue weighted by Crippen LogP contribution is 2.25. The number of aliphatic carboxylic acids is 2. The van der Waals surface area contributed by atoms with Crippen molar-refractivity contribution in [3.63, 3.8) is 0 Å². The van der Waals surface area contributed by atoms with E-state index in [-0.39, 0.29) is 0 Å². The Morgan fingerprint density at radius 3 is 1.84 bits per heavy atom. The average Bonchev–Trinajstić information content (AvgIpc) is 3.29. The van der Waals surface area contributed by atoms with Gasteiger partial charge in [-0.3, -0.25) is 4.98 Å². The molecule has 202 valence electrons. The van der Waals surface area contributed by atoms with Crippen molar-refractivity contribution in [2.75, 3.05) is 0 Å². The Balaban J connectivity index is 0.000000301. The Bertz CT molecular complexity index is 1320. The predicted octanol–water partition coefficient (Wildman–Crippen LogP) is 5.17. The fourth-order valence-corrected chi connectivity index (χ4v) is 2.85. The summed E-state index contributed by atoms with van der Waals surface area (Å²) in [5, 5.41) is 24.7. The zero-order valence-corrected chi connectivity index (χ0v) is 19.0. The molecule has 0 radical (unpaired) electrons. The third kappa shape index (κ3) is 9.20. The minimum atomic E-state index is -5.08. The number of aromatic amines is 1. The second-order valence-electron chi connectivity index (χ2n) is 7.40. The van der Waals surface area contributed by atoms with Crippen molar-refractivity contribution >= 4 is 23.0 Å². The van der Waals surface area contributed by atoms with Crippen molar-refractivity contribution in [1.82, 2.24) is 15.0 Å². The van der Waals surface area contributed by atoms with Crippen LogP contribution in [-0.2, 0) is 16.0 Å². The van der Waals surface area contributed by atoms with Crippen LogP contribution in [0.15, 0.2) is 73.1 Å². The van der Waals surface area contributed by atoms with Gasteiger partial charge >= 0.3 is 24.3 Å². The molecule has 0 aliphatic carbocycles. The highest BCUT2D eigenvalue weighted by molar-refractivity contribution is 5.82. The van der Waals surface area contributed by atoms with Gasteiger partial charge in [0.15, 0.2) is 0 Å². The number of aliphatic hydroxyl groups is 1. The first kappa shape index (κ1) is 29.8. The highest BCUT2D eigenvalue weighted by Gasteiger charge is 2.38. The van der Waals surface area contributed by atoms with Crippen LogP contribution in [0.25, 0.3) is 22.2 Å². The third-order valence-electron chi connectivity index (χ3n) is 4.59. The number of nitrogens with zero attached hydrogens (tertiary/aromatic N) is 2. The molecule has 0 unspecified atom stereocenters. The maximum absolute atomic E-state index is 10.6. The standard InChI is InChI=1S/C20H17N3O.2C2HF3O2/c24-19(12-14-4-2-1-3-5-14)20-22-17-7-6-16(13-18(17)23-20)15-8-10-21-11-9-15;2*3-2(4,5)1(6)7/h1-11,13,19,24H,12H2,(H,22,23);2*(H,6,7)/t19-;;/m1../s1. The van der Waals surface area contributed by atoms with Gasteiger partial charge in [-0.15, -0.1) is 0 Å². The Labute approximate surface area is 210 Å². The number of pyridine rings is 1. The van der Waals surface area contributed by atoms with Crippen LogP contribution in [0.1, 0.15) is 17.5 Å². The molecule has 4 aromatic rings. The molecule has 0 saturated heterocycles. The number of aliphatic hydroxyl groups excluding tert-OH is 1. The summed E-state index contributed by atoms with van der Waals surface area (Å²) in [5.41, 5.74) is 5.06. The average molecular weight is 543 g/mol. The van der Waals surface area contributed by atoms with E-state index in [4.69, 9.17) is 19.8 Å². The number of benzene rings is 2. The fourth-order valence-electron chi connectivity index (χ4n) is 2.85. The maximum atomic E-state index is 10.6. The van der Waals surface area contributed by atoms with Gasteiger partial charge in [0.25, 0.3) is 0 Å². The molecule has 8 nitrogen and oxygen atoms in total. The van der Waals surface area contributed by atoms with E-state index < -0.39 is 30.4 Å². The Morgan fingerprint density at radius 1 is 0.816 bits per heavy atom. The summed E-state index contributed by atoms with van der Waals surface area (Å²) in [6, 6.07) is 19.9. The predicted molar refractivity (Wildman–Crippen MR) is 122 cm³/mol. The number of hydrogen-bond donors (Lipinski definition) is 4. The van der Waals surface area contributed by atoms with Gasteiger partial charge in [0.1, 0.15) is 11.9 Å². The molecule has 14 heteroatoms. The fraction of sp³-hybridized carbons (Fsp3) is 0.167. The van der Waals surface area contributed by atoms with Crippen LogP contribution in [0.2, 0.25) is 0 Å². The number of rotatable bonds is 4. The van der Waals surface area contributed by atoms with Crippen LogP contribution < -0.4 is 0 Å². The van der Waals surface area contributed by atoms with Crippen molar-refractivity contribution in [1.29, 1.82) is 0 Å². The zero-order valence-electron chi connectivity index (χ0n) is 19.0. The van der Waals surface area contributed by atoms with Gasteiger partial charge in [-0.25, -0.2) is 14.6 Å². The van der Waals surface area contributed by atoms with Crippen LogP contribution in [0, 0.1) is 0 Å². The van der Waals surface area contributed by atoms with Crippen LogP contribution >= 0.6 is 0 Å². The Kier molecular flexibility index (Phi) is 9.93. The van der Waals surface area contributed by atoms with E-state index >= 15 is 0 Å². The van der Waals surface area contributed by atoms with E-state index in [2.05, 4.69) is 21.0 Å². The number of nitrogens with one attached hydrogen (secondary N) is 1. The van der Waals surface area contributed by atoms with Gasteiger partial charge in [0, 0.05) is 18.8 Å². The monoisotopic (exact) mass is 543 g/mol. The van der Waals surface area contributed by atoms with Crippen LogP contribution in [-0.4, -0.2) is 54.6 Å². The summed E-state index contributed by atoms with van der Waals surface area (Å²) in [5.74, 6) is -4.92. The topological polar surface area (TPSA) is 136 Å². The molecule has 4 N–H and O–H groups in total. The summed E-state index contributed by atoms with van der Waals surface area (Å²) in [7, 11) is 0. The number of carboxylic acid groups (broad SMARTS) is 2. The summed E-state index contributed by atoms with van der Waals surface area (Å²) >= 11 is 0. The van der Waals surface area contributed by atoms with Gasteiger partial charge in [-0.05, 0) is 41.0 Å². The maximum Gasteiger partial charge on any atom is 0.490 e. The zero-order chi connectivity index (χ0) is 28.5. The van der Waals surface area contributed by atoms with Crippen molar-refractivity contribution < 1.29 is 51.3 Å². The molecule has 0 amide bonds. The molecule has 2 heterocycles. The normalized spacial score (nSPS) is 12.0. The molecule has 0 aliphatic heterocycles.